The normalized spacial score (nSPS) is 17.8. The zero-order valence-corrected chi connectivity index (χ0v) is 47.1. The average molecular weight is 1050 g/mol. The average Bonchev–Trinajstić information content (AvgIpc) is 3.91. The fraction of sp³-hybridized carbons (Fsp3) is 0.426. The molecule has 376 valence electrons. The fourth-order valence-corrected chi connectivity index (χ4v) is 12.4. The SMILES string of the molecule is S=S=S.[C-]#[N+]CCCP(OC1[C@@H](COC(c2ccccc2)(c2ccc(C)cc2)c2ccc(C)cc2)O[C@@H](n2cnc3c(NC(=O)c4ccccc4)ncnc32)[C@H]1O[Si](C)(C)C(C)(C)C)N(C(C)C)C(C)C. The molecule has 1 N–H and O–H groups in total. The summed E-state index contributed by atoms with van der Waals surface area (Å²) in [7, 11) is -2.95. The zero-order valence-electron chi connectivity index (χ0n) is 42.7. The molecule has 0 saturated carbocycles. The Bertz CT molecular complexity index is 2700. The van der Waals surface area contributed by atoms with E-state index in [4.69, 9.17) is 35.0 Å². The van der Waals surface area contributed by atoms with Crippen molar-refractivity contribution in [3.8, 4) is 0 Å². The second kappa shape index (κ2) is 25.0. The highest BCUT2D eigenvalue weighted by molar-refractivity contribution is 8.37. The Morgan fingerprint density at radius 2 is 1.41 bits per heavy atom. The van der Waals surface area contributed by atoms with E-state index in [9.17, 15) is 4.79 Å². The molecule has 7 rings (SSSR count). The van der Waals surface area contributed by atoms with Crippen molar-refractivity contribution in [1.29, 1.82) is 0 Å². The van der Waals surface area contributed by atoms with Gasteiger partial charge in [-0.1, -0.05) is 129 Å². The van der Waals surface area contributed by atoms with Crippen LogP contribution in [-0.4, -0.2) is 88.1 Å². The van der Waals surface area contributed by atoms with Crippen molar-refractivity contribution in [3.63, 3.8) is 0 Å². The molecule has 3 heterocycles. The van der Waals surface area contributed by atoms with Gasteiger partial charge in [-0.2, -0.15) is 0 Å². The highest BCUT2D eigenvalue weighted by Gasteiger charge is 2.54. The Hall–Kier alpha value is -4.50. The lowest BCUT2D eigenvalue weighted by Gasteiger charge is -2.43. The topological polar surface area (TPSA) is 117 Å². The minimum absolute atomic E-state index is 0.115. The van der Waals surface area contributed by atoms with Crippen molar-refractivity contribution in [3.05, 3.63) is 167 Å². The van der Waals surface area contributed by atoms with Gasteiger partial charge in [0, 0.05) is 61.5 Å². The molecular weight excluding hydrogens is 982 g/mol. The van der Waals surface area contributed by atoms with Crippen molar-refractivity contribution >= 4 is 70.8 Å². The molecule has 0 spiro atoms. The summed E-state index contributed by atoms with van der Waals surface area (Å²) in [5, 5.41) is 2.79. The maximum atomic E-state index is 13.5. The van der Waals surface area contributed by atoms with E-state index in [1.54, 1.807) is 18.5 Å². The molecule has 1 fully saturated rings. The summed E-state index contributed by atoms with van der Waals surface area (Å²) >= 11 is 8.25. The van der Waals surface area contributed by atoms with Gasteiger partial charge in [-0.15, -0.1) is 0 Å². The molecule has 1 aliphatic heterocycles. The van der Waals surface area contributed by atoms with E-state index in [-0.39, 0.29) is 35.5 Å². The van der Waals surface area contributed by atoms with Crippen LogP contribution in [0, 0.1) is 20.4 Å². The second-order valence-electron chi connectivity index (χ2n) is 19.9. The van der Waals surface area contributed by atoms with Crippen molar-refractivity contribution in [2.45, 2.75) is 129 Å². The van der Waals surface area contributed by atoms with Crippen LogP contribution >= 0.6 is 8.30 Å². The van der Waals surface area contributed by atoms with Crippen LogP contribution in [0.1, 0.15) is 99.3 Å². The summed E-state index contributed by atoms with van der Waals surface area (Å²) in [6.45, 7) is 32.4. The van der Waals surface area contributed by atoms with Gasteiger partial charge in [0.2, 0.25) is 6.54 Å². The number of aromatic nitrogens is 4. The van der Waals surface area contributed by atoms with E-state index in [2.05, 4.69) is 190 Å². The molecule has 5 atom stereocenters. The first kappa shape index (κ1) is 55.8. The van der Waals surface area contributed by atoms with E-state index < -0.39 is 46.8 Å². The summed E-state index contributed by atoms with van der Waals surface area (Å²) in [6.07, 6.45) is 1.77. The first-order valence-corrected chi connectivity index (χ1v) is 31.0. The molecule has 0 aliphatic carbocycles. The van der Waals surface area contributed by atoms with Gasteiger partial charge in [0.25, 0.3) is 5.91 Å². The molecule has 12 nitrogen and oxygen atoms in total. The minimum atomic E-state index is -2.59. The van der Waals surface area contributed by atoms with Gasteiger partial charge >= 0.3 is 0 Å². The van der Waals surface area contributed by atoms with Gasteiger partial charge in [0.15, 0.2) is 31.5 Å². The highest BCUT2D eigenvalue weighted by atomic mass is 33.1. The number of benzene rings is 4. The van der Waals surface area contributed by atoms with Gasteiger partial charge in [0.05, 0.1) is 12.9 Å². The number of nitrogens with zero attached hydrogens (tertiary/aromatic N) is 6. The number of aryl methyl sites for hydroxylation is 2. The summed E-state index contributed by atoms with van der Waals surface area (Å²) < 4.78 is 34.7. The lowest BCUT2D eigenvalue weighted by atomic mass is 9.79. The van der Waals surface area contributed by atoms with Gasteiger partial charge in [-0.25, -0.2) is 21.5 Å². The van der Waals surface area contributed by atoms with Crippen molar-refractivity contribution in [2.24, 2.45) is 0 Å². The van der Waals surface area contributed by atoms with Gasteiger partial charge < -0.3 is 28.6 Å². The minimum Gasteiger partial charge on any atom is -0.407 e. The number of hydrogen-bond acceptors (Lipinski definition) is 11. The fourth-order valence-electron chi connectivity index (χ4n) is 8.70. The van der Waals surface area contributed by atoms with Crippen molar-refractivity contribution in [1.82, 2.24) is 24.2 Å². The van der Waals surface area contributed by atoms with Crippen molar-refractivity contribution < 1.29 is 23.2 Å². The molecule has 71 heavy (non-hydrogen) atoms. The molecule has 0 radical (unpaired) electrons. The summed E-state index contributed by atoms with van der Waals surface area (Å²) in [5.41, 5.74) is 5.56. The van der Waals surface area contributed by atoms with E-state index in [0.717, 1.165) is 36.7 Å². The lowest BCUT2D eigenvalue weighted by molar-refractivity contribution is -0.0918. The monoisotopic (exact) mass is 1050 g/mol. The first-order chi connectivity index (χ1) is 33.9. The standard InChI is InChI=1S/C54H68N7O5PSi.S3/c1-37(2)61(38(3)4)67(33-19-32-55-10)65-47-45(34-63-54(42-22-17-14-18-23-42,43-28-24-39(5)25-29-43)44-30-26-40(6)27-31-44)64-52(48(47)66-68(11,12)53(7,8)9)60-36-58-46-49(56-35-57-50(46)60)59-51(62)41-20-15-13-16-21-41;1-3-2/h13-18,20-31,35-38,45,47-48,52H,19,32-34H2,1-9,11-12H3,(H,56,57,59,62);/t45-,47?,48+,52-,67?;/m1./s1. The smallest absolute Gasteiger partial charge is 0.256 e. The zero-order chi connectivity index (χ0) is 51.5. The third-order valence-electron chi connectivity index (χ3n) is 13.2. The highest BCUT2D eigenvalue weighted by Crippen LogP contribution is 2.52. The number of carbonyl (C=O) groups is 1. The van der Waals surface area contributed by atoms with Crippen LogP contribution in [0.2, 0.25) is 18.1 Å². The van der Waals surface area contributed by atoms with Crippen LogP contribution in [0.4, 0.5) is 5.82 Å². The van der Waals surface area contributed by atoms with Crippen LogP contribution < -0.4 is 5.32 Å². The Kier molecular flexibility index (Phi) is 19.6. The van der Waals surface area contributed by atoms with Gasteiger partial charge in [-0.3, -0.25) is 14.0 Å². The predicted molar refractivity (Wildman–Crippen MR) is 297 cm³/mol. The maximum Gasteiger partial charge on any atom is 0.256 e. The number of ether oxygens (including phenoxy) is 2. The lowest BCUT2D eigenvalue weighted by Crippen LogP contribution is -2.50. The second-order valence-corrected chi connectivity index (χ2v) is 28.2. The number of amides is 1. The molecule has 0 bridgehead atoms. The van der Waals surface area contributed by atoms with E-state index >= 15 is 0 Å². The number of carbonyl (C=O) groups excluding carboxylic acids is 1. The quantitative estimate of drug-likeness (QED) is 0.0275. The molecule has 2 unspecified atom stereocenters. The number of fused-ring (bicyclic) bond motifs is 1. The Morgan fingerprint density at radius 3 is 1.94 bits per heavy atom. The summed E-state index contributed by atoms with van der Waals surface area (Å²) in [4.78, 5) is 31.3. The van der Waals surface area contributed by atoms with Crippen LogP contribution in [-0.2, 0) is 55.3 Å². The molecule has 17 heteroatoms. The van der Waals surface area contributed by atoms with Gasteiger partial charge in [0.1, 0.15) is 38.5 Å². The molecular formula is C54H68N7O5PS3Si. The van der Waals surface area contributed by atoms with Crippen LogP contribution in [0.15, 0.2) is 122 Å². The maximum absolute atomic E-state index is 13.5. The van der Waals surface area contributed by atoms with E-state index in [0.29, 0.717) is 35.9 Å². The largest absolute Gasteiger partial charge is 0.407 e. The Balaban J connectivity index is 0.00000268. The predicted octanol–water partition coefficient (Wildman–Crippen LogP) is 12.1. The van der Waals surface area contributed by atoms with Crippen LogP contribution in [0.5, 0.6) is 0 Å². The molecule has 2 aromatic heterocycles. The van der Waals surface area contributed by atoms with Crippen LogP contribution in [0.3, 0.4) is 0 Å². The number of hydrogen-bond donors (Lipinski definition) is 1. The summed E-state index contributed by atoms with van der Waals surface area (Å²) in [6, 6.07) is 36.9. The molecule has 6 aromatic rings. The Morgan fingerprint density at radius 1 is 0.859 bits per heavy atom. The number of imidazole rings is 1. The third kappa shape index (κ3) is 13.2. The molecule has 1 saturated heterocycles. The van der Waals surface area contributed by atoms with Crippen LogP contribution in [0.25, 0.3) is 16.0 Å². The van der Waals surface area contributed by atoms with E-state index in [1.807, 2.05) is 28.8 Å². The molecule has 1 amide bonds. The summed E-state index contributed by atoms with van der Waals surface area (Å²) in [5.74, 6) is -0.0237. The Labute approximate surface area is 436 Å². The van der Waals surface area contributed by atoms with Crippen molar-refractivity contribution in [2.75, 3.05) is 24.6 Å². The van der Waals surface area contributed by atoms with Gasteiger partial charge in [-0.05, 0) is 88.5 Å². The number of nitrogens with one attached hydrogen (secondary N) is 1. The molecule has 1 aliphatic rings. The first-order valence-electron chi connectivity index (χ1n) is 24.0. The van der Waals surface area contributed by atoms with E-state index in [1.165, 1.54) is 6.33 Å². The number of anilines is 1. The number of rotatable bonds is 19. The molecule has 4 aromatic carbocycles. The third-order valence-corrected chi connectivity index (χ3v) is 20.3.